The summed E-state index contributed by atoms with van der Waals surface area (Å²) in [5, 5.41) is 0.416. The van der Waals surface area contributed by atoms with E-state index in [0.717, 1.165) is 6.20 Å². The third kappa shape index (κ3) is 2.90. The summed E-state index contributed by atoms with van der Waals surface area (Å²) < 4.78 is 42.9. The Bertz CT molecular complexity index is 383. The van der Waals surface area contributed by atoms with Gasteiger partial charge >= 0.3 is 6.18 Å². The fourth-order valence-electron chi connectivity index (χ4n) is 1.88. The van der Waals surface area contributed by atoms with Crippen LogP contribution >= 0.6 is 11.3 Å². The average molecular weight is 266 g/mol. The van der Waals surface area contributed by atoms with Crippen LogP contribution in [-0.4, -0.2) is 30.3 Å². The first kappa shape index (κ1) is 12.6. The highest BCUT2D eigenvalue weighted by Gasteiger charge is 2.34. The van der Waals surface area contributed by atoms with Crippen molar-refractivity contribution in [3.05, 3.63) is 11.1 Å². The zero-order valence-electron chi connectivity index (χ0n) is 9.49. The highest BCUT2D eigenvalue weighted by molar-refractivity contribution is 7.15. The molecule has 0 aliphatic carbocycles. The van der Waals surface area contributed by atoms with Crippen molar-refractivity contribution in [2.24, 2.45) is 0 Å². The zero-order chi connectivity index (χ0) is 12.6. The Kier molecular flexibility index (Phi) is 3.31. The summed E-state index contributed by atoms with van der Waals surface area (Å²) in [6, 6.07) is 0. The van der Waals surface area contributed by atoms with Gasteiger partial charge in [0.25, 0.3) is 0 Å². The summed E-state index contributed by atoms with van der Waals surface area (Å²) in [4.78, 5) is 5.04. The summed E-state index contributed by atoms with van der Waals surface area (Å²) in [7, 11) is 0. The number of alkyl halides is 3. The van der Waals surface area contributed by atoms with Gasteiger partial charge in [0.15, 0.2) is 5.13 Å². The maximum absolute atomic E-state index is 12.4. The third-order valence-electron chi connectivity index (χ3n) is 2.46. The summed E-state index contributed by atoms with van der Waals surface area (Å²) in [6.45, 7) is 4.96. The number of rotatable bonds is 1. The lowest BCUT2D eigenvalue weighted by Crippen LogP contribution is -2.45. The second-order valence-corrected chi connectivity index (χ2v) is 5.18. The first-order chi connectivity index (χ1) is 7.86. The molecule has 1 saturated heterocycles. The number of nitrogens with zero attached hydrogens (tertiary/aromatic N) is 2. The molecule has 7 heteroatoms. The molecule has 17 heavy (non-hydrogen) atoms. The number of morpholine rings is 1. The van der Waals surface area contributed by atoms with Gasteiger partial charge in [-0.25, -0.2) is 4.98 Å². The lowest BCUT2D eigenvalue weighted by molar-refractivity contribution is -0.134. The fourth-order valence-corrected chi connectivity index (χ4v) is 2.68. The molecule has 1 aliphatic rings. The van der Waals surface area contributed by atoms with Crippen LogP contribution in [0.25, 0.3) is 0 Å². The molecular formula is C10H13F3N2OS. The van der Waals surface area contributed by atoms with Crippen LogP contribution in [0.2, 0.25) is 0 Å². The number of hydrogen-bond donors (Lipinski definition) is 0. The lowest BCUT2D eigenvalue weighted by atomic mass is 10.2. The number of anilines is 1. The van der Waals surface area contributed by atoms with Gasteiger partial charge in [-0.3, -0.25) is 0 Å². The number of hydrogen-bond acceptors (Lipinski definition) is 4. The van der Waals surface area contributed by atoms with Crippen molar-refractivity contribution >= 4 is 16.5 Å². The van der Waals surface area contributed by atoms with Crippen molar-refractivity contribution in [1.29, 1.82) is 0 Å². The van der Waals surface area contributed by atoms with Crippen LogP contribution < -0.4 is 4.90 Å². The molecule has 1 fully saturated rings. The van der Waals surface area contributed by atoms with Gasteiger partial charge in [0.2, 0.25) is 0 Å². The molecule has 2 unspecified atom stereocenters. The van der Waals surface area contributed by atoms with Gasteiger partial charge in [0.1, 0.15) is 4.88 Å². The molecule has 0 amide bonds. The Morgan fingerprint density at radius 2 is 1.94 bits per heavy atom. The predicted octanol–water partition coefficient (Wildman–Crippen LogP) is 2.78. The Balaban J connectivity index is 2.14. The Labute approximate surface area is 101 Å². The molecular weight excluding hydrogens is 253 g/mol. The van der Waals surface area contributed by atoms with Crippen molar-refractivity contribution in [1.82, 2.24) is 4.98 Å². The largest absolute Gasteiger partial charge is 0.427 e. The molecule has 0 saturated carbocycles. The van der Waals surface area contributed by atoms with E-state index < -0.39 is 11.1 Å². The molecule has 0 N–H and O–H groups in total. The minimum atomic E-state index is -4.31. The fraction of sp³-hybridized carbons (Fsp3) is 0.700. The van der Waals surface area contributed by atoms with Crippen LogP contribution in [-0.2, 0) is 10.9 Å². The lowest BCUT2D eigenvalue weighted by Gasteiger charge is -2.35. The summed E-state index contributed by atoms with van der Waals surface area (Å²) in [5.41, 5.74) is 0. The Morgan fingerprint density at radius 3 is 2.41 bits per heavy atom. The molecule has 2 rings (SSSR count). The molecule has 1 aromatic rings. The highest BCUT2D eigenvalue weighted by Crippen LogP contribution is 2.36. The minimum absolute atomic E-state index is 0.0111. The van der Waals surface area contributed by atoms with Crippen molar-refractivity contribution in [2.45, 2.75) is 32.2 Å². The van der Waals surface area contributed by atoms with E-state index in [2.05, 4.69) is 4.98 Å². The highest BCUT2D eigenvalue weighted by atomic mass is 32.1. The number of thiazole rings is 1. The Hall–Kier alpha value is -0.820. The third-order valence-corrected chi connectivity index (χ3v) is 3.57. The van der Waals surface area contributed by atoms with E-state index in [1.54, 1.807) is 0 Å². The topological polar surface area (TPSA) is 25.4 Å². The predicted molar refractivity (Wildman–Crippen MR) is 59.3 cm³/mol. The van der Waals surface area contributed by atoms with Gasteiger partial charge in [-0.15, -0.1) is 0 Å². The second kappa shape index (κ2) is 4.45. The van der Waals surface area contributed by atoms with Gasteiger partial charge in [0.05, 0.1) is 18.4 Å². The maximum Gasteiger partial charge on any atom is 0.427 e. The van der Waals surface area contributed by atoms with E-state index in [1.807, 2.05) is 18.7 Å². The molecule has 2 atom stereocenters. The maximum atomic E-state index is 12.4. The van der Waals surface area contributed by atoms with E-state index in [9.17, 15) is 13.2 Å². The summed E-state index contributed by atoms with van der Waals surface area (Å²) >= 11 is 0.685. The first-order valence-corrected chi connectivity index (χ1v) is 6.11. The summed E-state index contributed by atoms with van der Waals surface area (Å²) in [5.74, 6) is 0. The molecule has 2 heterocycles. The van der Waals surface area contributed by atoms with Crippen LogP contribution in [0.1, 0.15) is 18.7 Å². The van der Waals surface area contributed by atoms with Gasteiger partial charge < -0.3 is 9.64 Å². The SMILES string of the molecule is CC1CN(c2ncc(C(F)(F)F)s2)CC(C)O1. The Morgan fingerprint density at radius 1 is 1.35 bits per heavy atom. The van der Waals surface area contributed by atoms with Crippen molar-refractivity contribution in [3.8, 4) is 0 Å². The molecule has 0 radical (unpaired) electrons. The van der Waals surface area contributed by atoms with E-state index >= 15 is 0 Å². The van der Waals surface area contributed by atoms with Crippen LogP contribution in [0.15, 0.2) is 6.20 Å². The molecule has 0 spiro atoms. The van der Waals surface area contributed by atoms with Crippen molar-refractivity contribution < 1.29 is 17.9 Å². The molecule has 3 nitrogen and oxygen atoms in total. The van der Waals surface area contributed by atoms with Crippen LogP contribution in [0.3, 0.4) is 0 Å². The van der Waals surface area contributed by atoms with Crippen LogP contribution in [0.5, 0.6) is 0 Å². The molecule has 96 valence electrons. The number of ether oxygens (including phenoxy) is 1. The zero-order valence-corrected chi connectivity index (χ0v) is 10.3. The number of halogens is 3. The van der Waals surface area contributed by atoms with Crippen molar-refractivity contribution in [3.63, 3.8) is 0 Å². The monoisotopic (exact) mass is 266 g/mol. The summed E-state index contributed by atoms with van der Waals surface area (Å²) in [6.07, 6.45) is -3.39. The van der Waals surface area contributed by atoms with Crippen LogP contribution in [0, 0.1) is 0 Å². The number of aromatic nitrogens is 1. The normalized spacial score (nSPS) is 26.3. The van der Waals surface area contributed by atoms with Crippen LogP contribution in [0.4, 0.5) is 18.3 Å². The average Bonchev–Trinajstić information content (AvgIpc) is 2.63. The second-order valence-electron chi connectivity index (χ2n) is 4.17. The minimum Gasteiger partial charge on any atom is -0.372 e. The standard InChI is InChI=1S/C10H13F3N2OS/c1-6-4-15(5-7(2)16-6)9-14-3-8(17-9)10(11,12)13/h3,6-7H,4-5H2,1-2H3. The van der Waals surface area contributed by atoms with Gasteiger partial charge in [0, 0.05) is 13.1 Å². The van der Waals surface area contributed by atoms with E-state index in [4.69, 9.17) is 4.74 Å². The van der Waals surface area contributed by atoms with Gasteiger partial charge in [-0.2, -0.15) is 13.2 Å². The van der Waals surface area contributed by atoms with E-state index in [-0.39, 0.29) is 12.2 Å². The van der Waals surface area contributed by atoms with Gasteiger partial charge in [-0.1, -0.05) is 11.3 Å². The molecule has 0 bridgehead atoms. The quantitative estimate of drug-likeness (QED) is 0.781. The van der Waals surface area contributed by atoms with E-state index in [0.29, 0.717) is 29.6 Å². The smallest absolute Gasteiger partial charge is 0.372 e. The molecule has 0 aromatic carbocycles. The van der Waals surface area contributed by atoms with Gasteiger partial charge in [-0.05, 0) is 13.8 Å². The molecule has 1 aliphatic heterocycles. The van der Waals surface area contributed by atoms with Crippen molar-refractivity contribution in [2.75, 3.05) is 18.0 Å². The first-order valence-electron chi connectivity index (χ1n) is 5.29. The van der Waals surface area contributed by atoms with E-state index in [1.165, 1.54) is 0 Å². The molecule has 1 aromatic heterocycles.